The third-order valence-electron chi connectivity index (χ3n) is 4.11. The molecule has 1 fully saturated rings. The van der Waals surface area contributed by atoms with Gasteiger partial charge in [0.25, 0.3) is 0 Å². The van der Waals surface area contributed by atoms with Crippen molar-refractivity contribution in [3.05, 3.63) is 69.7 Å². The number of hydrogen-bond acceptors (Lipinski definition) is 4. The molecule has 136 valence electrons. The molecule has 0 bridgehead atoms. The summed E-state index contributed by atoms with van der Waals surface area (Å²) in [6.07, 6.45) is 1.33. The SMILES string of the molecule is C=NN(C=NC)CC1(c2ccc(Cl)cc2Cl)OCC(c2ccccc2)O1. The van der Waals surface area contributed by atoms with E-state index in [0.29, 0.717) is 22.2 Å². The van der Waals surface area contributed by atoms with Crippen LogP contribution in [0.3, 0.4) is 0 Å². The van der Waals surface area contributed by atoms with Crippen molar-refractivity contribution in [3.8, 4) is 0 Å². The molecule has 0 spiro atoms. The average molecular weight is 392 g/mol. The Kier molecular flexibility index (Phi) is 5.94. The predicted octanol–water partition coefficient (Wildman–Crippen LogP) is 4.51. The van der Waals surface area contributed by atoms with Crippen molar-refractivity contribution in [2.45, 2.75) is 11.9 Å². The van der Waals surface area contributed by atoms with Gasteiger partial charge in [0.1, 0.15) is 19.0 Å². The normalized spacial score (nSPS) is 22.7. The van der Waals surface area contributed by atoms with Crippen LogP contribution in [0.15, 0.2) is 58.6 Å². The Labute approximate surface area is 162 Å². The highest BCUT2D eigenvalue weighted by Gasteiger charge is 2.46. The van der Waals surface area contributed by atoms with Crippen LogP contribution in [0.1, 0.15) is 17.2 Å². The van der Waals surface area contributed by atoms with Gasteiger partial charge < -0.3 is 9.47 Å². The van der Waals surface area contributed by atoms with Crippen LogP contribution in [0.2, 0.25) is 10.0 Å². The van der Waals surface area contributed by atoms with Gasteiger partial charge in [0.2, 0.25) is 5.79 Å². The molecule has 2 atom stereocenters. The van der Waals surface area contributed by atoms with Crippen LogP contribution in [-0.2, 0) is 15.3 Å². The van der Waals surface area contributed by atoms with Crippen molar-refractivity contribution in [3.63, 3.8) is 0 Å². The van der Waals surface area contributed by atoms with Gasteiger partial charge in [-0.1, -0.05) is 59.6 Å². The monoisotopic (exact) mass is 391 g/mol. The number of halogens is 2. The second kappa shape index (κ2) is 8.18. The maximum Gasteiger partial charge on any atom is 0.217 e. The predicted molar refractivity (Wildman–Crippen MR) is 105 cm³/mol. The van der Waals surface area contributed by atoms with E-state index >= 15 is 0 Å². The molecule has 26 heavy (non-hydrogen) atoms. The number of hydrazone groups is 1. The van der Waals surface area contributed by atoms with Gasteiger partial charge in [0.15, 0.2) is 0 Å². The van der Waals surface area contributed by atoms with E-state index in [1.165, 1.54) is 0 Å². The summed E-state index contributed by atoms with van der Waals surface area (Å²) in [7, 11) is 1.66. The molecular weight excluding hydrogens is 373 g/mol. The third kappa shape index (κ3) is 3.91. The number of rotatable bonds is 6. The zero-order valence-corrected chi connectivity index (χ0v) is 15.8. The molecule has 0 amide bonds. The van der Waals surface area contributed by atoms with E-state index in [2.05, 4.69) is 16.8 Å². The molecule has 0 aromatic heterocycles. The maximum absolute atomic E-state index is 6.45. The molecule has 0 aliphatic carbocycles. The van der Waals surface area contributed by atoms with Gasteiger partial charge in [-0.05, 0) is 17.7 Å². The number of nitrogens with zero attached hydrogens (tertiary/aromatic N) is 3. The fraction of sp³-hybridized carbons (Fsp3) is 0.263. The minimum Gasteiger partial charge on any atom is -0.341 e. The van der Waals surface area contributed by atoms with Crippen LogP contribution >= 0.6 is 23.2 Å². The molecule has 0 radical (unpaired) electrons. The van der Waals surface area contributed by atoms with Crippen molar-refractivity contribution < 1.29 is 9.47 Å². The first-order chi connectivity index (χ1) is 12.6. The minimum atomic E-state index is -1.12. The lowest BCUT2D eigenvalue weighted by molar-refractivity contribution is -0.184. The van der Waals surface area contributed by atoms with Crippen molar-refractivity contribution in [2.75, 3.05) is 20.2 Å². The van der Waals surface area contributed by atoms with Crippen LogP contribution in [0.25, 0.3) is 0 Å². The van der Waals surface area contributed by atoms with Gasteiger partial charge in [0, 0.05) is 24.4 Å². The van der Waals surface area contributed by atoms with E-state index < -0.39 is 5.79 Å². The number of ether oxygens (including phenoxy) is 2. The second-order valence-electron chi connectivity index (χ2n) is 5.82. The molecule has 0 saturated carbocycles. The highest BCUT2D eigenvalue weighted by Crippen LogP contribution is 2.44. The summed E-state index contributed by atoms with van der Waals surface area (Å²) in [5, 5.41) is 6.52. The van der Waals surface area contributed by atoms with Crippen molar-refractivity contribution >= 4 is 36.3 Å². The van der Waals surface area contributed by atoms with Crippen LogP contribution in [0.4, 0.5) is 0 Å². The first-order valence-corrected chi connectivity index (χ1v) is 8.81. The Bertz CT molecular complexity index is 801. The van der Waals surface area contributed by atoms with Gasteiger partial charge in [0.05, 0.1) is 11.6 Å². The van der Waals surface area contributed by atoms with Crippen molar-refractivity contribution in [1.29, 1.82) is 0 Å². The fourth-order valence-electron chi connectivity index (χ4n) is 2.92. The molecule has 1 saturated heterocycles. The number of benzene rings is 2. The Morgan fingerprint density at radius 1 is 1.27 bits per heavy atom. The lowest BCUT2D eigenvalue weighted by Gasteiger charge is -2.32. The first-order valence-electron chi connectivity index (χ1n) is 8.06. The standard InChI is InChI=1S/C19H19Cl2N3O2/c1-22-13-24(23-2)12-19(16-9-8-15(20)10-17(16)21)25-11-18(26-19)14-6-4-3-5-7-14/h3-10,13,18H,2,11-12H2,1H3. The first kappa shape index (κ1) is 18.9. The van der Waals surface area contributed by atoms with E-state index in [1.807, 2.05) is 36.4 Å². The van der Waals surface area contributed by atoms with Gasteiger partial charge in [-0.15, -0.1) is 0 Å². The minimum absolute atomic E-state index is 0.229. The summed E-state index contributed by atoms with van der Waals surface area (Å²) in [6.45, 7) is 4.21. The van der Waals surface area contributed by atoms with Crippen LogP contribution in [0.5, 0.6) is 0 Å². The Balaban J connectivity index is 1.99. The van der Waals surface area contributed by atoms with E-state index in [9.17, 15) is 0 Å². The van der Waals surface area contributed by atoms with E-state index in [1.54, 1.807) is 30.5 Å². The number of hydrogen-bond donors (Lipinski definition) is 0. The van der Waals surface area contributed by atoms with Gasteiger partial charge in [-0.3, -0.25) is 4.99 Å². The molecule has 1 aliphatic rings. The van der Waals surface area contributed by atoms with Crippen LogP contribution in [-0.4, -0.2) is 38.3 Å². The zero-order valence-electron chi connectivity index (χ0n) is 14.3. The second-order valence-corrected chi connectivity index (χ2v) is 6.66. The lowest BCUT2D eigenvalue weighted by atomic mass is 10.1. The Morgan fingerprint density at radius 3 is 2.69 bits per heavy atom. The molecular formula is C19H19Cl2N3O2. The quantitative estimate of drug-likeness (QED) is 0.413. The smallest absolute Gasteiger partial charge is 0.217 e. The zero-order chi connectivity index (χ0) is 18.6. The largest absolute Gasteiger partial charge is 0.341 e. The van der Waals surface area contributed by atoms with Gasteiger partial charge >= 0.3 is 0 Å². The topological polar surface area (TPSA) is 46.4 Å². The summed E-state index contributed by atoms with van der Waals surface area (Å²) in [5.74, 6) is -1.12. The Hall–Kier alpha value is -1.92. The molecule has 3 rings (SSSR count). The highest BCUT2D eigenvalue weighted by atomic mass is 35.5. The van der Waals surface area contributed by atoms with Gasteiger partial charge in [-0.2, -0.15) is 5.10 Å². The third-order valence-corrected chi connectivity index (χ3v) is 4.66. The molecule has 2 unspecified atom stereocenters. The summed E-state index contributed by atoms with van der Waals surface area (Å²) in [4.78, 5) is 3.99. The van der Waals surface area contributed by atoms with Crippen molar-refractivity contribution in [2.24, 2.45) is 10.1 Å². The molecule has 1 aliphatic heterocycles. The molecule has 1 heterocycles. The summed E-state index contributed by atoms with van der Waals surface area (Å²) in [5.41, 5.74) is 1.71. The van der Waals surface area contributed by atoms with E-state index in [-0.39, 0.29) is 12.6 Å². The van der Waals surface area contributed by atoms with Crippen LogP contribution < -0.4 is 0 Å². The molecule has 7 heteroatoms. The van der Waals surface area contributed by atoms with Crippen LogP contribution in [0, 0.1) is 0 Å². The summed E-state index contributed by atoms with van der Waals surface area (Å²) < 4.78 is 12.5. The van der Waals surface area contributed by atoms with E-state index in [4.69, 9.17) is 32.7 Å². The Morgan fingerprint density at radius 2 is 2.04 bits per heavy atom. The molecule has 2 aromatic rings. The maximum atomic E-state index is 6.45. The molecule has 5 nitrogen and oxygen atoms in total. The summed E-state index contributed by atoms with van der Waals surface area (Å²) in [6, 6.07) is 15.1. The summed E-state index contributed by atoms with van der Waals surface area (Å²) >= 11 is 12.5. The highest BCUT2D eigenvalue weighted by molar-refractivity contribution is 6.35. The lowest BCUT2D eigenvalue weighted by Crippen LogP contribution is -2.39. The van der Waals surface area contributed by atoms with E-state index in [0.717, 1.165) is 5.56 Å². The average Bonchev–Trinajstić information content (AvgIpc) is 3.07. The molecule has 0 N–H and O–H groups in total. The fourth-order valence-corrected chi connectivity index (χ4v) is 3.47. The van der Waals surface area contributed by atoms with Gasteiger partial charge in [-0.25, -0.2) is 5.01 Å². The molecule has 2 aromatic carbocycles. The number of aliphatic imine (C=N–C) groups is 1. The van der Waals surface area contributed by atoms with Crippen molar-refractivity contribution in [1.82, 2.24) is 5.01 Å².